The van der Waals surface area contributed by atoms with E-state index in [-0.39, 0.29) is 16.8 Å². The molecule has 0 aliphatic heterocycles. The number of hydrogen-bond donors (Lipinski definition) is 2. The molecule has 0 aromatic heterocycles. The van der Waals surface area contributed by atoms with E-state index in [0.717, 1.165) is 30.4 Å². The minimum absolute atomic E-state index is 0.121. The van der Waals surface area contributed by atoms with Crippen LogP contribution in [0.15, 0.2) is 18.2 Å². The Morgan fingerprint density at radius 2 is 1.93 bits per heavy atom. The van der Waals surface area contributed by atoms with Gasteiger partial charge in [0.15, 0.2) is 0 Å². The molecule has 80 valence electrons. The summed E-state index contributed by atoms with van der Waals surface area (Å²) in [6, 6.07) is 5.35. The van der Waals surface area contributed by atoms with Crippen molar-refractivity contribution in [3.05, 3.63) is 35.1 Å². The summed E-state index contributed by atoms with van der Waals surface area (Å²) in [5.74, 6) is 5.36. The molecule has 1 aromatic rings. The second kappa shape index (κ2) is 2.60. The van der Waals surface area contributed by atoms with E-state index in [1.807, 2.05) is 6.92 Å². The first kappa shape index (κ1) is 9.31. The largest absolute Gasteiger partial charge is 0.271 e. The number of rotatable bonds is 2. The lowest BCUT2D eigenvalue weighted by Crippen LogP contribution is -2.77. The number of hydrogen-bond acceptors (Lipinski definition) is 2. The van der Waals surface area contributed by atoms with Crippen molar-refractivity contribution < 1.29 is 4.39 Å². The van der Waals surface area contributed by atoms with Crippen LogP contribution in [0.1, 0.15) is 30.4 Å². The maximum absolute atomic E-state index is 13.3. The Bertz CT molecular complexity index is 388. The molecule has 2 bridgehead atoms. The quantitative estimate of drug-likeness (QED) is 0.571. The smallest absolute Gasteiger partial charge is 0.123 e. The van der Waals surface area contributed by atoms with Crippen molar-refractivity contribution in [1.82, 2.24) is 5.43 Å². The summed E-state index contributed by atoms with van der Waals surface area (Å²) >= 11 is 0. The molecule has 3 N–H and O–H groups in total. The van der Waals surface area contributed by atoms with Crippen molar-refractivity contribution in [1.29, 1.82) is 0 Å². The van der Waals surface area contributed by atoms with Crippen molar-refractivity contribution in [2.24, 2.45) is 5.84 Å². The van der Waals surface area contributed by atoms with Crippen molar-refractivity contribution >= 4 is 0 Å². The van der Waals surface area contributed by atoms with Crippen LogP contribution in [0.3, 0.4) is 0 Å². The molecule has 3 saturated carbocycles. The minimum Gasteiger partial charge on any atom is -0.271 e. The Hall–Kier alpha value is -0.930. The fourth-order valence-corrected chi connectivity index (χ4v) is 3.29. The molecule has 0 amide bonds. The zero-order valence-electron chi connectivity index (χ0n) is 8.81. The van der Waals surface area contributed by atoms with Gasteiger partial charge in [-0.15, -0.1) is 0 Å². The summed E-state index contributed by atoms with van der Waals surface area (Å²) in [6.45, 7) is 1.94. The van der Waals surface area contributed by atoms with Gasteiger partial charge in [0, 0.05) is 11.0 Å². The van der Waals surface area contributed by atoms with Gasteiger partial charge in [-0.2, -0.15) is 0 Å². The summed E-state index contributed by atoms with van der Waals surface area (Å²) in [7, 11) is 0. The standard InChI is InChI=1S/C12H15FN2/c1-8-2-9(4-10(13)3-8)11-5-12(6-11,7-11)15-14/h2-4,15H,5-7,14H2,1H3. The van der Waals surface area contributed by atoms with Crippen LogP contribution in [-0.4, -0.2) is 5.54 Å². The molecular weight excluding hydrogens is 191 g/mol. The maximum Gasteiger partial charge on any atom is 0.123 e. The van der Waals surface area contributed by atoms with E-state index in [1.54, 1.807) is 12.1 Å². The van der Waals surface area contributed by atoms with E-state index < -0.39 is 0 Å². The third-order valence-electron chi connectivity index (χ3n) is 3.99. The lowest BCUT2D eigenvalue weighted by atomic mass is 9.37. The molecule has 2 nitrogen and oxygen atoms in total. The molecule has 0 radical (unpaired) electrons. The molecule has 0 saturated heterocycles. The van der Waals surface area contributed by atoms with Crippen LogP contribution < -0.4 is 11.3 Å². The van der Waals surface area contributed by atoms with Gasteiger partial charge < -0.3 is 0 Å². The van der Waals surface area contributed by atoms with Crippen molar-refractivity contribution in [3.63, 3.8) is 0 Å². The van der Waals surface area contributed by atoms with E-state index >= 15 is 0 Å². The van der Waals surface area contributed by atoms with Gasteiger partial charge in [-0.3, -0.25) is 11.3 Å². The topological polar surface area (TPSA) is 38.0 Å². The van der Waals surface area contributed by atoms with Gasteiger partial charge in [0.25, 0.3) is 0 Å². The fraction of sp³-hybridized carbons (Fsp3) is 0.500. The Morgan fingerprint density at radius 1 is 1.27 bits per heavy atom. The first-order chi connectivity index (χ1) is 7.07. The first-order valence-corrected chi connectivity index (χ1v) is 5.33. The first-order valence-electron chi connectivity index (χ1n) is 5.33. The third-order valence-corrected chi connectivity index (χ3v) is 3.99. The average Bonchev–Trinajstić information content (AvgIpc) is 1.97. The van der Waals surface area contributed by atoms with Crippen LogP contribution >= 0.6 is 0 Å². The lowest BCUT2D eigenvalue weighted by Gasteiger charge is -2.70. The van der Waals surface area contributed by atoms with Gasteiger partial charge in [0.1, 0.15) is 5.82 Å². The Kier molecular flexibility index (Phi) is 1.61. The number of benzene rings is 1. The van der Waals surface area contributed by atoms with E-state index in [4.69, 9.17) is 5.84 Å². The zero-order valence-corrected chi connectivity index (χ0v) is 8.81. The van der Waals surface area contributed by atoms with Crippen LogP contribution in [0, 0.1) is 12.7 Å². The highest BCUT2D eigenvalue weighted by Crippen LogP contribution is 2.67. The molecule has 3 heteroatoms. The van der Waals surface area contributed by atoms with Gasteiger partial charge in [-0.25, -0.2) is 4.39 Å². The molecular formula is C12H15FN2. The number of hydrazine groups is 1. The van der Waals surface area contributed by atoms with Crippen molar-refractivity contribution in [3.8, 4) is 0 Å². The van der Waals surface area contributed by atoms with E-state index in [1.165, 1.54) is 0 Å². The van der Waals surface area contributed by atoms with Crippen LogP contribution in [0.5, 0.6) is 0 Å². The molecule has 0 heterocycles. The molecule has 1 aromatic carbocycles. The highest BCUT2D eigenvalue weighted by molar-refractivity contribution is 5.43. The van der Waals surface area contributed by atoms with Crippen molar-refractivity contribution in [2.75, 3.05) is 0 Å². The highest BCUT2D eigenvalue weighted by atomic mass is 19.1. The third kappa shape index (κ3) is 1.11. The van der Waals surface area contributed by atoms with Crippen molar-refractivity contribution in [2.45, 2.75) is 37.1 Å². The van der Waals surface area contributed by atoms with Crippen LogP contribution in [-0.2, 0) is 5.41 Å². The Balaban J connectivity index is 1.90. The highest BCUT2D eigenvalue weighted by Gasteiger charge is 2.68. The summed E-state index contributed by atoms with van der Waals surface area (Å²) in [4.78, 5) is 0. The summed E-state index contributed by atoms with van der Waals surface area (Å²) < 4.78 is 13.3. The Labute approximate surface area is 88.6 Å². The molecule has 4 rings (SSSR count). The number of nitrogens with one attached hydrogen (secondary N) is 1. The number of halogens is 1. The molecule has 3 aliphatic carbocycles. The van der Waals surface area contributed by atoms with Gasteiger partial charge >= 0.3 is 0 Å². The summed E-state index contributed by atoms with van der Waals surface area (Å²) in [6.07, 6.45) is 3.16. The van der Waals surface area contributed by atoms with Crippen LogP contribution in [0.2, 0.25) is 0 Å². The van der Waals surface area contributed by atoms with E-state index in [0.29, 0.717) is 0 Å². The molecule has 0 unspecified atom stereocenters. The summed E-state index contributed by atoms with van der Waals surface area (Å²) in [5.41, 5.74) is 5.42. The summed E-state index contributed by atoms with van der Waals surface area (Å²) in [5, 5.41) is 0. The molecule has 15 heavy (non-hydrogen) atoms. The second-order valence-corrected chi connectivity index (χ2v) is 5.25. The lowest BCUT2D eigenvalue weighted by molar-refractivity contribution is -0.0884. The van der Waals surface area contributed by atoms with Gasteiger partial charge in [0.05, 0.1) is 0 Å². The van der Waals surface area contributed by atoms with Crippen LogP contribution in [0.25, 0.3) is 0 Å². The predicted octanol–water partition coefficient (Wildman–Crippen LogP) is 1.77. The molecule has 0 spiro atoms. The average molecular weight is 206 g/mol. The zero-order chi connectivity index (χ0) is 10.7. The van der Waals surface area contributed by atoms with E-state index in [2.05, 4.69) is 11.5 Å². The molecule has 3 fully saturated rings. The van der Waals surface area contributed by atoms with Gasteiger partial charge in [0.2, 0.25) is 0 Å². The molecule has 3 aliphatic rings. The SMILES string of the molecule is Cc1cc(F)cc(C23CC(NN)(C2)C3)c1. The monoisotopic (exact) mass is 206 g/mol. The van der Waals surface area contributed by atoms with Gasteiger partial charge in [-0.05, 0) is 49.4 Å². The number of nitrogens with two attached hydrogens (primary N) is 1. The second-order valence-electron chi connectivity index (χ2n) is 5.25. The van der Waals surface area contributed by atoms with Crippen LogP contribution in [0.4, 0.5) is 4.39 Å². The minimum atomic E-state index is -0.121. The molecule has 0 atom stereocenters. The Morgan fingerprint density at radius 3 is 2.47 bits per heavy atom. The predicted molar refractivity (Wildman–Crippen MR) is 56.7 cm³/mol. The maximum atomic E-state index is 13.3. The van der Waals surface area contributed by atoms with E-state index in [9.17, 15) is 4.39 Å². The normalized spacial score (nSPS) is 37.0. The number of aryl methyl sites for hydroxylation is 1. The fourth-order valence-electron chi connectivity index (χ4n) is 3.29. The van der Waals surface area contributed by atoms with Gasteiger partial charge in [-0.1, -0.05) is 6.07 Å².